The Labute approximate surface area is 211 Å². The molecule has 0 spiro atoms. The van der Waals surface area contributed by atoms with Crippen molar-refractivity contribution in [2.75, 3.05) is 0 Å². The monoisotopic (exact) mass is 473 g/mol. The van der Waals surface area contributed by atoms with Gasteiger partial charge in [0.15, 0.2) is 11.3 Å². The van der Waals surface area contributed by atoms with Gasteiger partial charge in [-0.25, -0.2) is 9.79 Å². The lowest BCUT2D eigenvalue weighted by Crippen LogP contribution is -2.43. The molecule has 0 bridgehead atoms. The number of carbonyl (C=O) groups is 2. The number of aliphatic imine (C=N–C) groups is 1. The van der Waals surface area contributed by atoms with Crippen LogP contribution >= 0.6 is 0 Å². The maximum Gasteiger partial charge on any atom is 0.341 e. The van der Waals surface area contributed by atoms with Gasteiger partial charge in [0.05, 0.1) is 0 Å². The van der Waals surface area contributed by atoms with E-state index in [-0.39, 0.29) is 12.2 Å². The van der Waals surface area contributed by atoms with Gasteiger partial charge in [0, 0.05) is 29.9 Å². The number of aryl methyl sites for hydroxylation is 1. The van der Waals surface area contributed by atoms with Gasteiger partial charge in [-0.1, -0.05) is 103 Å². The Kier molecular flexibility index (Phi) is 6.59. The second kappa shape index (κ2) is 10.1. The molecule has 4 nitrogen and oxygen atoms in total. The predicted molar refractivity (Wildman–Crippen MR) is 141 cm³/mol. The van der Waals surface area contributed by atoms with Crippen LogP contribution in [0.3, 0.4) is 0 Å². The summed E-state index contributed by atoms with van der Waals surface area (Å²) in [6, 6.07) is 36.5. The molecule has 0 aliphatic carbocycles. The number of carbonyl (C=O) groups excluding carboxylic acids is 2. The average Bonchev–Trinajstić information content (AvgIpc) is 3.25. The Morgan fingerprint density at radius 3 is 2.14 bits per heavy atom. The second-order valence-electron chi connectivity index (χ2n) is 9.22. The van der Waals surface area contributed by atoms with Gasteiger partial charge in [-0.3, -0.25) is 4.79 Å². The normalized spacial score (nSPS) is 17.8. The van der Waals surface area contributed by atoms with Crippen molar-refractivity contribution in [2.24, 2.45) is 4.99 Å². The molecule has 0 fully saturated rings. The van der Waals surface area contributed by atoms with Crippen LogP contribution in [0.4, 0.5) is 0 Å². The summed E-state index contributed by atoms with van der Waals surface area (Å²) >= 11 is 0. The third kappa shape index (κ3) is 4.76. The molecule has 0 radical (unpaired) electrons. The van der Waals surface area contributed by atoms with E-state index in [1.165, 1.54) is 0 Å². The lowest BCUT2D eigenvalue weighted by molar-refractivity contribution is -0.139. The van der Waals surface area contributed by atoms with Gasteiger partial charge in [0.2, 0.25) is 5.90 Å². The molecule has 0 aromatic heterocycles. The molecule has 2 atom stereocenters. The number of nitrogens with zero attached hydrogens (tertiary/aromatic N) is 1. The van der Waals surface area contributed by atoms with Gasteiger partial charge in [0.25, 0.3) is 0 Å². The minimum atomic E-state index is -1.28. The molecule has 5 rings (SSSR count). The van der Waals surface area contributed by atoms with E-state index >= 15 is 0 Å². The summed E-state index contributed by atoms with van der Waals surface area (Å²) in [6.45, 7) is 1.97. The molecule has 4 aromatic rings. The third-order valence-electron chi connectivity index (χ3n) is 6.69. The molecular weight excluding hydrogens is 446 g/mol. The zero-order valence-corrected chi connectivity index (χ0v) is 20.1. The van der Waals surface area contributed by atoms with Crippen LogP contribution < -0.4 is 0 Å². The second-order valence-corrected chi connectivity index (χ2v) is 9.22. The molecule has 0 unspecified atom stereocenters. The first-order chi connectivity index (χ1) is 17.5. The van der Waals surface area contributed by atoms with E-state index in [2.05, 4.69) is 0 Å². The van der Waals surface area contributed by atoms with E-state index < -0.39 is 17.4 Å². The van der Waals surface area contributed by atoms with Gasteiger partial charge >= 0.3 is 5.97 Å². The maximum atomic E-state index is 13.8. The van der Waals surface area contributed by atoms with Crippen molar-refractivity contribution < 1.29 is 14.3 Å². The number of hydrogen-bond acceptors (Lipinski definition) is 4. The third-order valence-corrected chi connectivity index (χ3v) is 6.69. The molecule has 0 N–H and O–H groups in total. The Hall–Kier alpha value is -4.31. The Bertz CT molecular complexity index is 1400. The highest BCUT2D eigenvalue weighted by molar-refractivity contribution is 6.09. The zero-order chi connectivity index (χ0) is 25.0. The van der Waals surface area contributed by atoms with Crippen molar-refractivity contribution in [3.8, 4) is 0 Å². The Morgan fingerprint density at radius 1 is 0.833 bits per heavy atom. The SMILES string of the molecule is Cc1cccc(C(=O)C[C@H](c2ccccc2)[C@@]2(Cc3ccccc3)N=C(c3ccccc3)OC2=O)c1. The van der Waals surface area contributed by atoms with Crippen LogP contribution in [0.1, 0.15) is 45.0 Å². The quantitative estimate of drug-likeness (QED) is 0.222. The summed E-state index contributed by atoms with van der Waals surface area (Å²) in [5, 5.41) is 0. The largest absolute Gasteiger partial charge is 0.405 e. The van der Waals surface area contributed by atoms with Crippen LogP contribution in [0.15, 0.2) is 120 Å². The number of hydrogen-bond donors (Lipinski definition) is 0. The van der Waals surface area contributed by atoms with Crippen LogP contribution in [0.5, 0.6) is 0 Å². The first kappa shape index (κ1) is 23.4. The van der Waals surface area contributed by atoms with Gasteiger partial charge < -0.3 is 4.74 Å². The minimum absolute atomic E-state index is 0.0313. The molecule has 4 aromatic carbocycles. The fraction of sp³-hybridized carbons (Fsp3) is 0.156. The molecule has 1 aliphatic heterocycles. The fourth-order valence-electron chi connectivity index (χ4n) is 4.86. The van der Waals surface area contributed by atoms with E-state index in [0.29, 0.717) is 17.9 Å². The van der Waals surface area contributed by atoms with E-state index in [9.17, 15) is 9.59 Å². The summed E-state index contributed by atoms with van der Waals surface area (Å²) in [6.07, 6.45) is 0.449. The van der Waals surface area contributed by atoms with Gasteiger partial charge in [-0.2, -0.15) is 0 Å². The minimum Gasteiger partial charge on any atom is -0.405 e. The molecule has 0 saturated carbocycles. The van der Waals surface area contributed by atoms with E-state index in [4.69, 9.17) is 9.73 Å². The lowest BCUT2D eigenvalue weighted by atomic mass is 9.73. The highest BCUT2D eigenvalue weighted by Crippen LogP contribution is 2.42. The highest BCUT2D eigenvalue weighted by Gasteiger charge is 2.53. The molecule has 0 amide bonds. The van der Waals surface area contributed by atoms with Crippen molar-refractivity contribution in [1.82, 2.24) is 0 Å². The summed E-state index contributed by atoms with van der Waals surface area (Å²) in [4.78, 5) is 32.4. The van der Waals surface area contributed by atoms with Gasteiger partial charge in [-0.15, -0.1) is 0 Å². The first-order valence-corrected chi connectivity index (χ1v) is 12.1. The highest BCUT2D eigenvalue weighted by atomic mass is 16.6. The van der Waals surface area contributed by atoms with Gasteiger partial charge in [-0.05, 0) is 36.2 Å². The number of rotatable bonds is 8. The predicted octanol–water partition coefficient (Wildman–Crippen LogP) is 6.34. The topological polar surface area (TPSA) is 55.7 Å². The molecule has 1 heterocycles. The number of ether oxygens (including phenoxy) is 1. The van der Waals surface area contributed by atoms with Crippen LogP contribution in [-0.4, -0.2) is 23.2 Å². The number of ketones is 1. The molecule has 178 valence electrons. The molecule has 0 saturated heterocycles. The van der Waals surface area contributed by atoms with E-state index in [1.54, 1.807) is 0 Å². The fourth-order valence-corrected chi connectivity index (χ4v) is 4.86. The molecular formula is C32H27NO3. The summed E-state index contributed by atoms with van der Waals surface area (Å²) < 4.78 is 5.84. The van der Waals surface area contributed by atoms with Crippen LogP contribution in [0.25, 0.3) is 0 Å². The van der Waals surface area contributed by atoms with E-state index in [0.717, 1.165) is 22.3 Å². The smallest absolute Gasteiger partial charge is 0.341 e. The zero-order valence-electron chi connectivity index (χ0n) is 20.1. The standard InChI is InChI=1S/C32H27NO3/c1-23-12-11-19-27(20-23)29(34)21-28(25-15-7-3-8-16-25)32(22-24-13-5-2-6-14-24)31(35)36-30(33-32)26-17-9-4-10-18-26/h2-20,28H,21-22H2,1H3/t28-,32-/m1/s1. The Balaban J connectivity index is 1.65. The van der Waals surface area contributed by atoms with Gasteiger partial charge in [0.1, 0.15) is 0 Å². The van der Waals surface area contributed by atoms with Crippen molar-refractivity contribution in [3.05, 3.63) is 143 Å². The summed E-state index contributed by atoms with van der Waals surface area (Å²) in [5.74, 6) is -0.687. The summed E-state index contributed by atoms with van der Waals surface area (Å²) in [7, 11) is 0. The first-order valence-electron chi connectivity index (χ1n) is 12.1. The van der Waals surface area contributed by atoms with Crippen molar-refractivity contribution in [1.29, 1.82) is 0 Å². The molecule has 4 heteroatoms. The van der Waals surface area contributed by atoms with Crippen molar-refractivity contribution in [3.63, 3.8) is 0 Å². The van der Waals surface area contributed by atoms with Crippen molar-refractivity contribution >= 4 is 17.7 Å². The number of Topliss-reactive ketones (excluding diaryl/α,β-unsaturated/α-hetero) is 1. The molecule has 36 heavy (non-hydrogen) atoms. The van der Waals surface area contributed by atoms with Crippen LogP contribution in [0.2, 0.25) is 0 Å². The number of esters is 1. The van der Waals surface area contributed by atoms with E-state index in [1.807, 2.05) is 122 Å². The van der Waals surface area contributed by atoms with Crippen molar-refractivity contribution in [2.45, 2.75) is 31.2 Å². The Morgan fingerprint density at radius 2 is 1.47 bits per heavy atom. The number of benzene rings is 4. The van der Waals surface area contributed by atoms with Crippen LogP contribution in [0, 0.1) is 6.92 Å². The summed E-state index contributed by atoms with van der Waals surface area (Å²) in [5.41, 5.74) is 2.93. The average molecular weight is 474 g/mol. The lowest BCUT2D eigenvalue weighted by Gasteiger charge is -2.32. The maximum absolute atomic E-state index is 13.8. The van der Waals surface area contributed by atoms with Crippen LogP contribution in [-0.2, 0) is 16.0 Å². The number of cyclic esters (lactones) is 1. The molecule has 1 aliphatic rings.